The Labute approximate surface area is 88.7 Å². The van der Waals surface area contributed by atoms with E-state index in [0.717, 1.165) is 30.4 Å². The van der Waals surface area contributed by atoms with Crippen LogP contribution in [0.25, 0.3) is 0 Å². The molecule has 0 saturated heterocycles. The molecule has 0 fully saturated rings. The van der Waals surface area contributed by atoms with E-state index < -0.39 is 6.10 Å². The van der Waals surface area contributed by atoms with Gasteiger partial charge in [-0.15, -0.1) is 0 Å². The molecule has 0 aromatic heterocycles. The third-order valence-electron chi connectivity index (χ3n) is 2.83. The molecule has 2 rings (SSSR count). The Hall–Kier alpha value is -0.570. The highest BCUT2D eigenvalue weighted by Crippen LogP contribution is 2.33. The number of hydrogen-bond donors (Lipinski definition) is 2. The molecule has 1 aliphatic rings. The third kappa shape index (κ3) is 1.65. The van der Waals surface area contributed by atoms with Crippen molar-refractivity contribution in [1.29, 1.82) is 0 Å². The lowest BCUT2D eigenvalue weighted by atomic mass is 9.99. The number of hydrogen-bond acceptors (Lipinski definition) is 2. The fraction of sp³-hybridized carbons (Fsp3) is 0.455. The molecule has 3 heteroatoms. The molecule has 0 radical (unpaired) electrons. The highest BCUT2D eigenvalue weighted by Gasteiger charge is 2.24. The lowest BCUT2D eigenvalue weighted by molar-refractivity contribution is 0.144. The summed E-state index contributed by atoms with van der Waals surface area (Å²) in [6.07, 6.45) is 2.22. The highest BCUT2D eigenvalue weighted by molar-refractivity contribution is 6.31. The number of aryl methyl sites for hydroxylation is 1. The van der Waals surface area contributed by atoms with Crippen LogP contribution in [0.2, 0.25) is 5.02 Å². The number of halogens is 1. The zero-order valence-corrected chi connectivity index (χ0v) is 8.67. The van der Waals surface area contributed by atoms with E-state index in [4.69, 9.17) is 17.3 Å². The molecule has 14 heavy (non-hydrogen) atoms. The van der Waals surface area contributed by atoms with Gasteiger partial charge < -0.3 is 10.8 Å². The first-order chi connectivity index (χ1) is 6.70. The Balaban J connectivity index is 2.49. The molecule has 2 nitrogen and oxygen atoms in total. The minimum absolute atomic E-state index is 0.184. The zero-order valence-electron chi connectivity index (χ0n) is 7.91. The highest BCUT2D eigenvalue weighted by atomic mass is 35.5. The van der Waals surface area contributed by atoms with Gasteiger partial charge in [0.2, 0.25) is 0 Å². The lowest BCUT2D eigenvalue weighted by Crippen LogP contribution is -2.27. The van der Waals surface area contributed by atoms with E-state index in [1.165, 1.54) is 0 Å². The van der Waals surface area contributed by atoms with Crippen LogP contribution in [0.15, 0.2) is 18.2 Å². The number of benzene rings is 1. The fourth-order valence-electron chi connectivity index (χ4n) is 2.03. The normalized spacial score (nSPS) is 26.8. The number of nitrogens with two attached hydrogens (primary N) is 1. The zero-order chi connectivity index (χ0) is 10.1. The van der Waals surface area contributed by atoms with Gasteiger partial charge in [-0.3, -0.25) is 0 Å². The fourth-order valence-corrected chi connectivity index (χ4v) is 2.34. The summed E-state index contributed by atoms with van der Waals surface area (Å²) in [5.41, 5.74) is 7.82. The van der Waals surface area contributed by atoms with Gasteiger partial charge in [0.05, 0.1) is 6.10 Å². The summed E-state index contributed by atoms with van der Waals surface area (Å²) >= 11 is 6.06. The van der Waals surface area contributed by atoms with Crippen LogP contribution in [-0.2, 0) is 6.42 Å². The summed E-state index contributed by atoms with van der Waals surface area (Å²) in [5, 5.41) is 10.6. The third-order valence-corrected chi connectivity index (χ3v) is 3.16. The van der Waals surface area contributed by atoms with Gasteiger partial charge in [0, 0.05) is 16.6 Å². The van der Waals surface area contributed by atoms with Gasteiger partial charge in [-0.25, -0.2) is 0 Å². The van der Waals surface area contributed by atoms with Crippen molar-refractivity contribution in [2.24, 2.45) is 5.73 Å². The second-order valence-electron chi connectivity index (χ2n) is 3.81. The molecule has 0 unspecified atom stereocenters. The Morgan fingerprint density at radius 2 is 2.21 bits per heavy atom. The van der Waals surface area contributed by atoms with Crippen LogP contribution in [0.4, 0.5) is 0 Å². The van der Waals surface area contributed by atoms with Crippen LogP contribution in [0.1, 0.15) is 30.1 Å². The maximum Gasteiger partial charge on any atom is 0.0957 e. The van der Waals surface area contributed by atoms with Gasteiger partial charge in [-0.1, -0.05) is 23.7 Å². The van der Waals surface area contributed by atoms with E-state index in [1.54, 1.807) is 0 Å². The molecule has 2 atom stereocenters. The monoisotopic (exact) mass is 211 g/mol. The summed E-state index contributed by atoms with van der Waals surface area (Å²) in [6.45, 7) is 0. The molecule has 76 valence electrons. The van der Waals surface area contributed by atoms with Crippen LogP contribution < -0.4 is 5.73 Å². The van der Waals surface area contributed by atoms with Crippen molar-refractivity contribution < 1.29 is 5.11 Å². The summed E-state index contributed by atoms with van der Waals surface area (Å²) in [6, 6.07) is 5.56. The summed E-state index contributed by atoms with van der Waals surface area (Å²) < 4.78 is 0. The van der Waals surface area contributed by atoms with Crippen molar-refractivity contribution in [1.82, 2.24) is 0 Å². The summed E-state index contributed by atoms with van der Waals surface area (Å²) in [5.74, 6) is 0. The molecule has 1 aromatic carbocycles. The second-order valence-corrected chi connectivity index (χ2v) is 4.22. The van der Waals surface area contributed by atoms with Gasteiger partial charge in [-0.2, -0.15) is 0 Å². The topological polar surface area (TPSA) is 46.2 Å². The van der Waals surface area contributed by atoms with Crippen molar-refractivity contribution in [3.63, 3.8) is 0 Å². The van der Waals surface area contributed by atoms with E-state index in [9.17, 15) is 5.11 Å². The predicted molar refractivity (Wildman–Crippen MR) is 57.3 cm³/mol. The molecule has 0 amide bonds. The van der Waals surface area contributed by atoms with Crippen LogP contribution in [-0.4, -0.2) is 11.1 Å². The van der Waals surface area contributed by atoms with Gasteiger partial charge in [0.1, 0.15) is 0 Å². The predicted octanol–water partition coefficient (Wildman–Crippen LogP) is 2.04. The Bertz CT molecular complexity index is 340. The standard InChI is InChI=1S/C11H14ClNO/c12-8-5-1-3-7-4-2-6-9(13)11(14)10(7)8/h1,3,5,9,11,14H,2,4,6,13H2/t9-,11+/m1/s1. The van der Waals surface area contributed by atoms with E-state index in [0.29, 0.717) is 5.02 Å². The van der Waals surface area contributed by atoms with Crippen LogP contribution in [0, 0.1) is 0 Å². The van der Waals surface area contributed by atoms with Crippen molar-refractivity contribution in [2.75, 3.05) is 0 Å². The minimum atomic E-state index is -0.610. The SMILES string of the molecule is N[C@@H]1CCCc2cccc(Cl)c2[C@H]1O. The van der Waals surface area contributed by atoms with Crippen molar-refractivity contribution >= 4 is 11.6 Å². The average molecular weight is 212 g/mol. The van der Waals surface area contributed by atoms with Crippen molar-refractivity contribution in [2.45, 2.75) is 31.4 Å². The Morgan fingerprint density at radius 1 is 1.43 bits per heavy atom. The molecule has 0 aliphatic heterocycles. The number of fused-ring (bicyclic) bond motifs is 1. The van der Waals surface area contributed by atoms with Crippen LogP contribution in [0.3, 0.4) is 0 Å². The number of aliphatic hydroxyl groups excluding tert-OH is 1. The van der Waals surface area contributed by atoms with E-state index in [1.807, 2.05) is 18.2 Å². The largest absolute Gasteiger partial charge is 0.387 e. The Morgan fingerprint density at radius 3 is 3.00 bits per heavy atom. The first kappa shape index (κ1) is 9.97. The molecule has 0 bridgehead atoms. The lowest BCUT2D eigenvalue weighted by Gasteiger charge is -2.18. The average Bonchev–Trinajstić information content (AvgIpc) is 2.29. The van der Waals surface area contributed by atoms with E-state index >= 15 is 0 Å². The minimum Gasteiger partial charge on any atom is -0.387 e. The molecule has 1 aliphatic carbocycles. The summed E-state index contributed by atoms with van der Waals surface area (Å²) in [4.78, 5) is 0. The second kappa shape index (κ2) is 3.89. The first-order valence-corrected chi connectivity index (χ1v) is 5.29. The van der Waals surface area contributed by atoms with E-state index in [2.05, 4.69) is 0 Å². The maximum atomic E-state index is 9.98. The number of aliphatic hydroxyl groups is 1. The smallest absolute Gasteiger partial charge is 0.0957 e. The molecular weight excluding hydrogens is 198 g/mol. The first-order valence-electron chi connectivity index (χ1n) is 4.91. The molecule has 0 heterocycles. The van der Waals surface area contributed by atoms with Gasteiger partial charge in [0.15, 0.2) is 0 Å². The van der Waals surface area contributed by atoms with Crippen LogP contribution in [0.5, 0.6) is 0 Å². The maximum absolute atomic E-state index is 9.98. The molecule has 1 aromatic rings. The number of rotatable bonds is 0. The van der Waals surface area contributed by atoms with Gasteiger partial charge >= 0.3 is 0 Å². The quantitative estimate of drug-likeness (QED) is 0.646. The van der Waals surface area contributed by atoms with E-state index in [-0.39, 0.29) is 6.04 Å². The Kier molecular flexibility index (Phi) is 2.77. The molecule has 0 spiro atoms. The summed E-state index contributed by atoms with van der Waals surface area (Å²) in [7, 11) is 0. The molecular formula is C11H14ClNO. The molecule has 0 saturated carbocycles. The van der Waals surface area contributed by atoms with Gasteiger partial charge in [-0.05, 0) is 30.9 Å². The molecule has 3 N–H and O–H groups in total. The van der Waals surface area contributed by atoms with Crippen LogP contribution >= 0.6 is 11.6 Å². The van der Waals surface area contributed by atoms with Gasteiger partial charge in [0.25, 0.3) is 0 Å². The van der Waals surface area contributed by atoms with Crippen molar-refractivity contribution in [3.05, 3.63) is 34.3 Å². The van der Waals surface area contributed by atoms with Crippen molar-refractivity contribution in [3.8, 4) is 0 Å².